The summed E-state index contributed by atoms with van der Waals surface area (Å²) in [4.78, 5) is 35.4. The average Bonchev–Trinajstić information content (AvgIpc) is 2.89. The molecule has 10 heteroatoms. The number of carbonyl (C=O) groups excluding carboxylic acids is 1. The first-order valence-electron chi connectivity index (χ1n) is 12.0. The number of ether oxygens (including phenoxy) is 2. The van der Waals surface area contributed by atoms with E-state index in [4.69, 9.17) is 9.47 Å². The summed E-state index contributed by atoms with van der Waals surface area (Å²) >= 11 is 0. The second kappa shape index (κ2) is 9.91. The van der Waals surface area contributed by atoms with Gasteiger partial charge in [0.1, 0.15) is 11.5 Å². The molecule has 1 saturated carbocycles. The van der Waals surface area contributed by atoms with Gasteiger partial charge in [-0.1, -0.05) is 0 Å². The lowest BCUT2D eigenvalue weighted by atomic mass is 9.90. The molecular formula is C25H30N6O4. The number of hydrogen-bond acceptors (Lipinski definition) is 8. The quantitative estimate of drug-likeness (QED) is 0.532. The maximum Gasteiger partial charge on any atom is 0.263 e. The molecule has 5 rings (SSSR count). The minimum atomic E-state index is -0.183. The highest BCUT2D eigenvalue weighted by Gasteiger charge is 2.26. The summed E-state index contributed by atoms with van der Waals surface area (Å²) in [5.74, 6) is 2.22. The third kappa shape index (κ3) is 4.93. The molecule has 0 atom stereocenters. The second-order valence-corrected chi connectivity index (χ2v) is 9.01. The van der Waals surface area contributed by atoms with Crippen molar-refractivity contribution < 1.29 is 14.3 Å². The number of aromatic nitrogens is 3. The predicted molar refractivity (Wildman–Crippen MR) is 133 cm³/mol. The SMILES string of the molecule is COc1ccc2ccc(=O)n(CCNC3CCC(N(C)c4ccc5c(n4)NC(=O)CO5)CC3)c2n1. The Morgan fingerprint density at radius 2 is 1.91 bits per heavy atom. The van der Waals surface area contributed by atoms with E-state index in [-0.39, 0.29) is 18.1 Å². The molecule has 10 nitrogen and oxygen atoms in total. The second-order valence-electron chi connectivity index (χ2n) is 9.01. The zero-order valence-corrected chi connectivity index (χ0v) is 20.0. The van der Waals surface area contributed by atoms with Crippen LogP contribution < -0.4 is 30.6 Å². The molecule has 0 radical (unpaired) electrons. The van der Waals surface area contributed by atoms with Crippen LogP contribution in [0.15, 0.2) is 41.2 Å². The Balaban J connectivity index is 1.16. The first kappa shape index (κ1) is 23.1. The van der Waals surface area contributed by atoms with Gasteiger partial charge >= 0.3 is 0 Å². The largest absolute Gasteiger partial charge is 0.481 e. The van der Waals surface area contributed by atoms with Gasteiger partial charge in [-0.2, -0.15) is 4.98 Å². The molecule has 0 spiro atoms. The molecule has 4 heterocycles. The molecule has 3 aromatic heterocycles. The van der Waals surface area contributed by atoms with Crippen molar-refractivity contribution >= 4 is 28.6 Å². The molecule has 2 N–H and O–H groups in total. The Labute approximate surface area is 203 Å². The van der Waals surface area contributed by atoms with Crippen LogP contribution >= 0.6 is 0 Å². The van der Waals surface area contributed by atoms with E-state index in [1.54, 1.807) is 29.9 Å². The van der Waals surface area contributed by atoms with Gasteiger partial charge in [-0.15, -0.1) is 0 Å². The van der Waals surface area contributed by atoms with Crippen molar-refractivity contribution in [3.8, 4) is 11.6 Å². The van der Waals surface area contributed by atoms with E-state index in [1.807, 2.05) is 25.2 Å². The molecule has 1 aliphatic heterocycles. The van der Waals surface area contributed by atoms with Gasteiger partial charge in [-0.05, 0) is 49.9 Å². The summed E-state index contributed by atoms with van der Waals surface area (Å²) in [6.07, 6.45) is 4.14. The third-order valence-electron chi connectivity index (χ3n) is 6.85. The molecule has 35 heavy (non-hydrogen) atoms. The van der Waals surface area contributed by atoms with Crippen molar-refractivity contribution in [3.05, 3.63) is 46.8 Å². The molecule has 0 saturated heterocycles. The Morgan fingerprint density at radius 1 is 1.11 bits per heavy atom. The van der Waals surface area contributed by atoms with Crippen LogP contribution in [0.3, 0.4) is 0 Å². The van der Waals surface area contributed by atoms with Crippen LogP contribution in [0.4, 0.5) is 11.6 Å². The molecular weight excluding hydrogens is 448 g/mol. The summed E-state index contributed by atoms with van der Waals surface area (Å²) in [6.45, 7) is 1.26. The maximum absolute atomic E-state index is 12.5. The number of anilines is 2. The highest BCUT2D eigenvalue weighted by Crippen LogP contribution is 2.31. The lowest BCUT2D eigenvalue weighted by Crippen LogP contribution is -2.42. The van der Waals surface area contributed by atoms with Crippen molar-refractivity contribution in [2.75, 3.05) is 37.5 Å². The van der Waals surface area contributed by atoms with Gasteiger partial charge in [0.05, 0.1) is 7.11 Å². The normalized spacial score (nSPS) is 19.5. The minimum absolute atomic E-state index is 0.0285. The smallest absolute Gasteiger partial charge is 0.263 e. The Hall–Kier alpha value is -3.66. The van der Waals surface area contributed by atoms with Gasteiger partial charge in [-0.25, -0.2) is 4.98 Å². The van der Waals surface area contributed by atoms with Gasteiger partial charge in [0.25, 0.3) is 11.5 Å². The first-order chi connectivity index (χ1) is 17.0. The van der Waals surface area contributed by atoms with Crippen LogP contribution in [0, 0.1) is 0 Å². The summed E-state index contributed by atoms with van der Waals surface area (Å²) in [5, 5.41) is 7.31. The molecule has 2 aliphatic rings. The van der Waals surface area contributed by atoms with Crippen molar-refractivity contribution in [3.63, 3.8) is 0 Å². The first-order valence-corrected chi connectivity index (χ1v) is 12.0. The van der Waals surface area contributed by atoms with E-state index >= 15 is 0 Å². The number of carbonyl (C=O) groups is 1. The Morgan fingerprint density at radius 3 is 2.71 bits per heavy atom. The number of amides is 1. The summed E-state index contributed by atoms with van der Waals surface area (Å²) in [6, 6.07) is 11.7. The third-order valence-corrected chi connectivity index (χ3v) is 6.85. The van der Waals surface area contributed by atoms with Gasteiger partial charge in [0.2, 0.25) is 5.88 Å². The van der Waals surface area contributed by atoms with Crippen molar-refractivity contribution in [1.29, 1.82) is 0 Å². The van der Waals surface area contributed by atoms with Crippen LogP contribution in [0.2, 0.25) is 0 Å². The van der Waals surface area contributed by atoms with Gasteiger partial charge in [0.15, 0.2) is 18.2 Å². The highest BCUT2D eigenvalue weighted by atomic mass is 16.5. The highest BCUT2D eigenvalue weighted by molar-refractivity contribution is 5.94. The standard InChI is InChI=1S/C25H30N6O4/c1-30(20-10-9-19-24(27-20)28-21(32)15-35-19)18-7-5-17(6-8-18)26-13-14-31-23(33)12-4-16-3-11-22(34-2)29-25(16)31/h3-4,9-12,17-18,26H,5-8,13-15H2,1-2H3,(H,27,28,32). The van der Waals surface area contributed by atoms with Crippen LogP contribution in [0.25, 0.3) is 11.0 Å². The predicted octanol–water partition coefficient (Wildman–Crippen LogP) is 2.17. The summed E-state index contributed by atoms with van der Waals surface area (Å²) < 4.78 is 12.3. The number of pyridine rings is 3. The van der Waals surface area contributed by atoms with Crippen molar-refractivity contribution in [1.82, 2.24) is 19.9 Å². The van der Waals surface area contributed by atoms with E-state index in [2.05, 4.69) is 25.5 Å². The van der Waals surface area contributed by atoms with E-state index in [9.17, 15) is 9.59 Å². The molecule has 3 aromatic rings. The fourth-order valence-electron chi connectivity index (χ4n) is 4.86. The molecule has 1 aliphatic carbocycles. The fourth-order valence-corrected chi connectivity index (χ4v) is 4.86. The fraction of sp³-hybridized carbons (Fsp3) is 0.440. The number of hydrogen-bond donors (Lipinski definition) is 2. The Bertz CT molecular complexity index is 1280. The number of nitrogens with zero attached hydrogens (tertiary/aromatic N) is 4. The van der Waals surface area contributed by atoms with Crippen LogP contribution in [-0.2, 0) is 11.3 Å². The van der Waals surface area contributed by atoms with Crippen molar-refractivity contribution in [2.45, 2.75) is 44.3 Å². The van der Waals surface area contributed by atoms with Gasteiger partial charge < -0.3 is 25.0 Å². The van der Waals surface area contributed by atoms with Gasteiger partial charge in [-0.3, -0.25) is 14.2 Å². The monoisotopic (exact) mass is 478 g/mol. The number of fused-ring (bicyclic) bond motifs is 2. The van der Waals surface area contributed by atoms with Crippen LogP contribution in [0.1, 0.15) is 25.7 Å². The Kier molecular flexibility index (Phi) is 6.54. The molecule has 0 bridgehead atoms. The lowest BCUT2D eigenvalue weighted by molar-refractivity contribution is -0.118. The summed E-state index contributed by atoms with van der Waals surface area (Å²) in [7, 11) is 3.62. The molecule has 184 valence electrons. The van der Waals surface area contributed by atoms with E-state index in [1.165, 1.54) is 0 Å². The van der Waals surface area contributed by atoms with E-state index in [0.29, 0.717) is 48.3 Å². The van der Waals surface area contributed by atoms with E-state index in [0.717, 1.165) is 36.9 Å². The molecule has 1 amide bonds. The molecule has 1 fully saturated rings. The lowest BCUT2D eigenvalue weighted by Gasteiger charge is -2.36. The zero-order chi connectivity index (χ0) is 24.4. The molecule has 0 aromatic carbocycles. The average molecular weight is 479 g/mol. The number of rotatable bonds is 7. The minimum Gasteiger partial charge on any atom is -0.481 e. The van der Waals surface area contributed by atoms with Gasteiger partial charge in [0, 0.05) is 49.7 Å². The van der Waals surface area contributed by atoms with Crippen LogP contribution in [-0.4, -0.2) is 59.8 Å². The topological polar surface area (TPSA) is 111 Å². The van der Waals surface area contributed by atoms with E-state index < -0.39 is 0 Å². The maximum atomic E-state index is 12.5. The zero-order valence-electron chi connectivity index (χ0n) is 20.0. The van der Waals surface area contributed by atoms with Crippen LogP contribution in [0.5, 0.6) is 11.6 Å². The molecule has 0 unspecified atom stereocenters. The van der Waals surface area contributed by atoms with Crippen molar-refractivity contribution in [2.24, 2.45) is 0 Å². The summed E-state index contributed by atoms with van der Waals surface area (Å²) in [5.41, 5.74) is 0.577. The number of methoxy groups -OCH3 is 1. The number of nitrogens with one attached hydrogen (secondary N) is 2.